The molecule has 5 heteroatoms. The number of nitrogens with zero attached hydrogens (tertiary/aromatic N) is 1. The molecule has 2 heterocycles. The molecular formula is C14H27N3O2. The number of hydrogen-bond donors (Lipinski definition) is 3. The molecule has 110 valence electrons. The summed E-state index contributed by atoms with van der Waals surface area (Å²) in [7, 11) is 0. The van der Waals surface area contributed by atoms with E-state index in [1.807, 2.05) is 0 Å². The molecule has 2 saturated heterocycles. The zero-order valence-electron chi connectivity index (χ0n) is 12.1. The summed E-state index contributed by atoms with van der Waals surface area (Å²) in [5.41, 5.74) is -0.742. The van der Waals surface area contributed by atoms with E-state index in [1.54, 1.807) is 0 Å². The Morgan fingerprint density at radius 1 is 1.47 bits per heavy atom. The van der Waals surface area contributed by atoms with Gasteiger partial charge in [-0.2, -0.15) is 0 Å². The van der Waals surface area contributed by atoms with Crippen LogP contribution in [0.5, 0.6) is 0 Å². The molecule has 0 radical (unpaired) electrons. The highest BCUT2D eigenvalue weighted by atomic mass is 16.3. The summed E-state index contributed by atoms with van der Waals surface area (Å²) in [4.78, 5) is 14.5. The molecular weight excluding hydrogens is 242 g/mol. The quantitative estimate of drug-likeness (QED) is 0.669. The van der Waals surface area contributed by atoms with E-state index in [2.05, 4.69) is 29.4 Å². The van der Waals surface area contributed by atoms with Gasteiger partial charge in [-0.3, -0.25) is 4.79 Å². The third kappa shape index (κ3) is 3.91. The maximum absolute atomic E-state index is 12.1. The van der Waals surface area contributed by atoms with Gasteiger partial charge in [0.25, 0.3) is 0 Å². The predicted octanol–water partition coefficient (Wildman–Crippen LogP) is -0.0526. The Hall–Kier alpha value is -0.650. The van der Waals surface area contributed by atoms with Crippen LogP contribution in [0.25, 0.3) is 0 Å². The largest absolute Gasteiger partial charge is 0.387 e. The van der Waals surface area contributed by atoms with E-state index in [9.17, 15) is 9.90 Å². The number of carbonyl (C=O) groups excluding carboxylic acids is 1. The fourth-order valence-corrected chi connectivity index (χ4v) is 2.96. The monoisotopic (exact) mass is 269 g/mol. The summed E-state index contributed by atoms with van der Waals surface area (Å²) < 4.78 is 0. The molecule has 0 aromatic carbocycles. The van der Waals surface area contributed by atoms with Crippen LogP contribution in [0.4, 0.5) is 0 Å². The van der Waals surface area contributed by atoms with Crippen LogP contribution >= 0.6 is 0 Å². The van der Waals surface area contributed by atoms with E-state index >= 15 is 0 Å². The van der Waals surface area contributed by atoms with Crippen molar-refractivity contribution in [1.29, 1.82) is 0 Å². The van der Waals surface area contributed by atoms with Crippen molar-refractivity contribution < 1.29 is 9.90 Å². The molecule has 0 bridgehead atoms. The molecule has 1 amide bonds. The van der Waals surface area contributed by atoms with Crippen LogP contribution in [0, 0.1) is 5.92 Å². The maximum atomic E-state index is 12.1. The predicted molar refractivity (Wildman–Crippen MR) is 74.9 cm³/mol. The van der Waals surface area contributed by atoms with Crippen LogP contribution in [0.15, 0.2) is 0 Å². The molecule has 0 aromatic rings. The molecule has 2 fully saturated rings. The van der Waals surface area contributed by atoms with Crippen molar-refractivity contribution >= 4 is 5.91 Å². The minimum Gasteiger partial charge on any atom is -0.387 e. The van der Waals surface area contributed by atoms with Crippen LogP contribution in [-0.2, 0) is 4.79 Å². The number of rotatable bonds is 4. The van der Waals surface area contributed by atoms with E-state index in [4.69, 9.17) is 0 Å². The second-order valence-electron chi connectivity index (χ2n) is 6.27. The van der Waals surface area contributed by atoms with Gasteiger partial charge in [-0.1, -0.05) is 0 Å². The van der Waals surface area contributed by atoms with E-state index in [0.717, 1.165) is 38.9 Å². The number of amides is 1. The van der Waals surface area contributed by atoms with E-state index in [-0.39, 0.29) is 11.8 Å². The summed E-state index contributed by atoms with van der Waals surface area (Å²) in [6, 6.07) is 0.564. The number of likely N-dealkylation sites (tertiary alicyclic amines) is 1. The number of carbonyl (C=O) groups is 1. The molecule has 0 aliphatic carbocycles. The van der Waals surface area contributed by atoms with Crippen molar-refractivity contribution in [2.24, 2.45) is 5.92 Å². The van der Waals surface area contributed by atoms with E-state index in [0.29, 0.717) is 19.1 Å². The Balaban J connectivity index is 1.72. The van der Waals surface area contributed by atoms with Crippen LogP contribution in [-0.4, -0.2) is 60.3 Å². The molecule has 0 saturated carbocycles. The molecule has 1 atom stereocenters. The zero-order chi connectivity index (χ0) is 13.9. The molecule has 0 spiro atoms. The van der Waals surface area contributed by atoms with Gasteiger partial charge < -0.3 is 20.6 Å². The van der Waals surface area contributed by atoms with Crippen LogP contribution in [0.2, 0.25) is 0 Å². The van der Waals surface area contributed by atoms with E-state index in [1.165, 1.54) is 0 Å². The smallest absolute Gasteiger partial charge is 0.223 e. The first-order valence-electron chi connectivity index (χ1n) is 7.45. The standard InChI is InChI=1S/C14H27N3O2/c1-11(2)17-7-3-12(4-8-17)13(18)16-10-14(19)5-6-15-9-14/h11-12,15,19H,3-10H2,1-2H3,(H,16,18). The summed E-state index contributed by atoms with van der Waals surface area (Å²) in [6.07, 6.45) is 2.58. The molecule has 2 rings (SSSR count). The Kier molecular flexibility index (Phi) is 4.81. The van der Waals surface area contributed by atoms with Gasteiger partial charge >= 0.3 is 0 Å². The van der Waals surface area contributed by atoms with Gasteiger partial charge in [0.15, 0.2) is 0 Å². The van der Waals surface area contributed by atoms with Crippen molar-refractivity contribution in [2.45, 2.75) is 44.8 Å². The van der Waals surface area contributed by atoms with Gasteiger partial charge in [0.2, 0.25) is 5.91 Å². The number of piperidine rings is 1. The summed E-state index contributed by atoms with van der Waals surface area (Å²) >= 11 is 0. The Morgan fingerprint density at radius 3 is 2.68 bits per heavy atom. The van der Waals surface area contributed by atoms with E-state index < -0.39 is 5.60 Å². The van der Waals surface area contributed by atoms with Crippen molar-refractivity contribution in [1.82, 2.24) is 15.5 Å². The lowest BCUT2D eigenvalue weighted by Gasteiger charge is -2.34. The highest BCUT2D eigenvalue weighted by Crippen LogP contribution is 2.19. The molecule has 0 aromatic heterocycles. The molecule has 3 N–H and O–H groups in total. The lowest BCUT2D eigenvalue weighted by Crippen LogP contribution is -2.48. The lowest BCUT2D eigenvalue weighted by atomic mass is 9.94. The fraction of sp³-hybridized carbons (Fsp3) is 0.929. The molecule has 1 unspecified atom stereocenters. The van der Waals surface area contributed by atoms with Crippen LogP contribution in [0.3, 0.4) is 0 Å². The van der Waals surface area contributed by atoms with Crippen molar-refractivity contribution in [3.05, 3.63) is 0 Å². The zero-order valence-corrected chi connectivity index (χ0v) is 12.1. The number of β-amino-alcohol motifs (C(OH)–C–C–N with tert-alkyl or cyclic N) is 1. The third-order valence-corrected chi connectivity index (χ3v) is 4.44. The maximum Gasteiger partial charge on any atom is 0.223 e. The van der Waals surface area contributed by atoms with Gasteiger partial charge in [-0.05, 0) is 52.7 Å². The Morgan fingerprint density at radius 2 is 2.16 bits per heavy atom. The van der Waals surface area contributed by atoms with Gasteiger partial charge in [0, 0.05) is 25.0 Å². The van der Waals surface area contributed by atoms with Crippen molar-refractivity contribution in [3.63, 3.8) is 0 Å². The second-order valence-corrected chi connectivity index (χ2v) is 6.27. The SMILES string of the molecule is CC(C)N1CCC(C(=O)NCC2(O)CCNC2)CC1. The van der Waals surface area contributed by atoms with Crippen LogP contribution in [0.1, 0.15) is 33.1 Å². The minimum atomic E-state index is -0.742. The average molecular weight is 269 g/mol. The number of aliphatic hydroxyl groups is 1. The molecule has 19 heavy (non-hydrogen) atoms. The topological polar surface area (TPSA) is 64.6 Å². The van der Waals surface area contributed by atoms with Gasteiger partial charge in [0.05, 0.1) is 5.60 Å². The Labute approximate surface area is 115 Å². The fourth-order valence-electron chi connectivity index (χ4n) is 2.96. The summed E-state index contributed by atoms with van der Waals surface area (Å²) in [5.74, 6) is 0.233. The van der Waals surface area contributed by atoms with Crippen molar-refractivity contribution in [2.75, 3.05) is 32.7 Å². The van der Waals surface area contributed by atoms with Gasteiger partial charge in [-0.15, -0.1) is 0 Å². The first-order valence-corrected chi connectivity index (χ1v) is 7.45. The highest BCUT2D eigenvalue weighted by molar-refractivity contribution is 5.78. The molecule has 5 nitrogen and oxygen atoms in total. The van der Waals surface area contributed by atoms with Crippen molar-refractivity contribution in [3.8, 4) is 0 Å². The lowest BCUT2D eigenvalue weighted by molar-refractivity contribution is -0.127. The Bertz CT molecular complexity index is 306. The number of hydrogen-bond acceptors (Lipinski definition) is 4. The number of nitrogens with one attached hydrogen (secondary N) is 2. The summed E-state index contributed by atoms with van der Waals surface area (Å²) in [5, 5.41) is 16.2. The van der Waals surface area contributed by atoms with Crippen LogP contribution < -0.4 is 10.6 Å². The normalized spacial score (nSPS) is 29.9. The second kappa shape index (κ2) is 6.20. The highest BCUT2D eigenvalue weighted by Gasteiger charge is 2.33. The molecule has 2 aliphatic heterocycles. The first-order chi connectivity index (χ1) is 9.00. The van der Waals surface area contributed by atoms with Gasteiger partial charge in [0.1, 0.15) is 0 Å². The first kappa shape index (κ1) is 14.8. The summed E-state index contributed by atoms with van der Waals surface area (Å²) in [6.45, 7) is 8.19. The minimum absolute atomic E-state index is 0.115. The average Bonchev–Trinajstić information content (AvgIpc) is 2.83. The van der Waals surface area contributed by atoms with Gasteiger partial charge in [-0.25, -0.2) is 0 Å². The molecule has 2 aliphatic rings. The third-order valence-electron chi connectivity index (χ3n) is 4.44.